The Bertz CT molecular complexity index is 705. The summed E-state index contributed by atoms with van der Waals surface area (Å²) in [5, 5.41) is 0.832. The van der Waals surface area contributed by atoms with Crippen molar-refractivity contribution in [3.05, 3.63) is 42.1 Å². The highest BCUT2D eigenvalue weighted by atomic mass is 32.2. The molecule has 4 nitrogen and oxygen atoms in total. The van der Waals surface area contributed by atoms with Gasteiger partial charge in [-0.05, 0) is 24.6 Å². The predicted octanol–water partition coefficient (Wildman–Crippen LogP) is 3.00. The van der Waals surface area contributed by atoms with Gasteiger partial charge >= 0.3 is 0 Å². The van der Waals surface area contributed by atoms with Crippen molar-refractivity contribution in [2.24, 2.45) is 0 Å². The summed E-state index contributed by atoms with van der Waals surface area (Å²) in [6.07, 6.45) is 1.68. The van der Waals surface area contributed by atoms with E-state index in [1.807, 2.05) is 18.2 Å². The zero-order chi connectivity index (χ0) is 12.5. The molecule has 2 aromatic heterocycles. The molecule has 0 saturated heterocycles. The summed E-state index contributed by atoms with van der Waals surface area (Å²) in [6, 6.07) is 10.1. The number of imidazole rings is 1. The maximum atomic E-state index is 5.79. The van der Waals surface area contributed by atoms with Crippen molar-refractivity contribution in [1.82, 2.24) is 15.0 Å². The molecule has 0 aliphatic heterocycles. The van der Waals surface area contributed by atoms with E-state index in [0.717, 1.165) is 16.2 Å². The van der Waals surface area contributed by atoms with E-state index in [-0.39, 0.29) is 0 Å². The lowest BCUT2D eigenvalue weighted by Crippen LogP contribution is -1.89. The molecule has 0 aliphatic carbocycles. The largest absolute Gasteiger partial charge is 0.382 e. The van der Waals surface area contributed by atoms with Crippen molar-refractivity contribution >= 4 is 28.6 Å². The Hall–Kier alpha value is -2.01. The number of H-pyrrole nitrogens is 1. The fourth-order valence-electron chi connectivity index (χ4n) is 1.76. The van der Waals surface area contributed by atoms with Crippen molar-refractivity contribution in [3.8, 4) is 0 Å². The van der Waals surface area contributed by atoms with E-state index in [2.05, 4.69) is 34.0 Å². The number of benzene rings is 1. The van der Waals surface area contributed by atoms with Gasteiger partial charge in [0.15, 0.2) is 11.0 Å². The highest BCUT2D eigenvalue weighted by molar-refractivity contribution is 7.99. The Morgan fingerprint density at radius 1 is 1.22 bits per heavy atom. The molecule has 0 amide bonds. The molecule has 18 heavy (non-hydrogen) atoms. The van der Waals surface area contributed by atoms with E-state index in [1.165, 1.54) is 10.5 Å². The van der Waals surface area contributed by atoms with Crippen LogP contribution in [0.1, 0.15) is 5.56 Å². The van der Waals surface area contributed by atoms with Crippen LogP contribution in [0.3, 0.4) is 0 Å². The first-order valence-corrected chi connectivity index (χ1v) is 6.39. The number of nitrogens with zero attached hydrogens (tertiary/aromatic N) is 2. The number of aromatic nitrogens is 3. The second-order valence-electron chi connectivity index (χ2n) is 4.00. The first-order chi connectivity index (χ1) is 8.74. The molecule has 1 aromatic carbocycles. The number of hydrogen-bond donors (Lipinski definition) is 2. The van der Waals surface area contributed by atoms with Gasteiger partial charge in [0.05, 0.1) is 5.52 Å². The van der Waals surface area contributed by atoms with Crippen molar-refractivity contribution in [3.63, 3.8) is 0 Å². The second kappa shape index (κ2) is 4.34. The Morgan fingerprint density at radius 2 is 2.06 bits per heavy atom. The van der Waals surface area contributed by atoms with E-state index >= 15 is 0 Å². The fourth-order valence-corrected chi connectivity index (χ4v) is 2.64. The molecule has 0 fully saturated rings. The number of nitrogens with two attached hydrogens (primary N) is 1. The number of pyridine rings is 1. The number of hydrogen-bond acceptors (Lipinski definition) is 4. The van der Waals surface area contributed by atoms with Gasteiger partial charge in [-0.2, -0.15) is 0 Å². The van der Waals surface area contributed by atoms with Crippen LogP contribution in [0.25, 0.3) is 11.0 Å². The van der Waals surface area contributed by atoms with Crippen molar-refractivity contribution in [1.29, 1.82) is 0 Å². The smallest absolute Gasteiger partial charge is 0.171 e. The first kappa shape index (κ1) is 11.1. The molecule has 0 bridgehead atoms. The van der Waals surface area contributed by atoms with Crippen LogP contribution in [0.15, 0.2) is 46.6 Å². The summed E-state index contributed by atoms with van der Waals surface area (Å²) in [4.78, 5) is 12.9. The molecule has 0 unspecified atom stereocenters. The van der Waals surface area contributed by atoms with E-state index in [9.17, 15) is 0 Å². The Kier molecular flexibility index (Phi) is 2.68. The van der Waals surface area contributed by atoms with Crippen LogP contribution in [-0.4, -0.2) is 15.0 Å². The molecule has 2 heterocycles. The third-order valence-corrected chi connectivity index (χ3v) is 3.77. The van der Waals surface area contributed by atoms with Gasteiger partial charge in [0, 0.05) is 11.1 Å². The maximum Gasteiger partial charge on any atom is 0.171 e. The zero-order valence-electron chi connectivity index (χ0n) is 9.84. The number of aromatic amines is 1. The third kappa shape index (κ3) is 1.93. The number of nitrogen functional groups attached to an aromatic ring is 1. The summed E-state index contributed by atoms with van der Waals surface area (Å²) in [6.45, 7) is 2.08. The molecule has 0 atom stereocenters. The van der Waals surface area contributed by atoms with Crippen LogP contribution in [0.4, 0.5) is 5.82 Å². The summed E-state index contributed by atoms with van der Waals surface area (Å²) in [7, 11) is 0. The number of nitrogens with one attached hydrogen (secondary N) is 1. The Morgan fingerprint density at radius 3 is 2.83 bits per heavy atom. The SMILES string of the molecule is Cc1ccccc1Sc1nc2c(N)nccc2[nH]1. The maximum absolute atomic E-state index is 5.79. The molecule has 3 N–H and O–H groups in total. The van der Waals surface area contributed by atoms with Gasteiger partial charge < -0.3 is 10.7 Å². The highest BCUT2D eigenvalue weighted by Crippen LogP contribution is 2.30. The van der Waals surface area contributed by atoms with Crippen LogP contribution in [0.2, 0.25) is 0 Å². The van der Waals surface area contributed by atoms with Gasteiger partial charge in [-0.1, -0.05) is 30.0 Å². The van der Waals surface area contributed by atoms with Gasteiger partial charge in [0.25, 0.3) is 0 Å². The number of fused-ring (bicyclic) bond motifs is 1. The minimum atomic E-state index is 0.459. The van der Waals surface area contributed by atoms with Gasteiger partial charge in [0.1, 0.15) is 5.52 Å². The summed E-state index contributed by atoms with van der Waals surface area (Å²) < 4.78 is 0. The van der Waals surface area contributed by atoms with Crippen LogP contribution in [0.5, 0.6) is 0 Å². The van der Waals surface area contributed by atoms with E-state index in [0.29, 0.717) is 5.82 Å². The molecule has 5 heteroatoms. The van der Waals surface area contributed by atoms with E-state index in [4.69, 9.17) is 5.73 Å². The highest BCUT2D eigenvalue weighted by Gasteiger charge is 2.08. The molecule has 90 valence electrons. The molecule has 3 rings (SSSR count). The molecule has 3 aromatic rings. The monoisotopic (exact) mass is 256 g/mol. The Labute approximate surface area is 109 Å². The average molecular weight is 256 g/mol. The van der Waals surface area contributed by atoms with Crippen molar-refractivity contribution in [2.75, 3.05) is 5.73 Å². The minimum absolute atomic E-state index is 0.459. The van der Waals surface area contributed by atoms with Gasteiger partial charge in [-0.3, -0.25) is 0 Å². The third-order valence-electron chi connectivity index (χ3n) is 2.71. The average Bonchev–Trinajstić information content (AvgIpc) is 2.76. The summed E-state index contributed by atoms with van der Waals surface area (Å²) in [5.41, 5.74) is 8.67. The summed E-state index contributed by atoms with van der Waals surface area (Å²) >= 11 is 1.60. The van der Waals surface area contributed by atoms with E-state index < -0.39 is 0 Å². The van der Waals surface area contributed by atoms with Crippen LogP contribution in [0, 0.1) is 6.92 Å². The first-order valence-electron chi connectivity index (χ1n) is 5.58. The van der Waals surface area contributed by atoms with Crippen molar-refractivity contribution < 1.29 is 0 Å². The lowest BCUT2D eigenvalue weighted by atomic mass is 10.2. The Balaban J connectivity index is 2.01. The standard InChI is InChI=1S/C13H12N4S/c1-8-4-2-3-5-10(8)18-13-16-9-6-7-15-12(14)11(9)17-13/h2-7H,1H3,(H2,14,15)(H,16,17). The molecule has 0 saturated carbocycles. The fraction of sp³-hybridized carbons (Fsp3) is 0.0769. The molecular formula is C13H12N4S. The lowest BCUT2D eigenvalue weighted by molar-refractivity contribution is 1.08. The van der Waals surface area contributed by atoms with Crippen LogP contribution >= 0.6 is 11.8 Å². The molecule has 0 spiro atoms. The van der Waals surface area contributed by atoms with Gasteiger partial charge in [-0.15, -0.1) is 0 Å². The quantitative estimate of drug-likeness (QED) is 0.739. The van der Waals surface area contributed by atoms with Crippen LogP contribution in [-0.2, 0) is 0 Å². The topological polar surface area (TPSA) is 67.6 Å². The molecule has 0 aliphatic rings. The lowest BCUT2D eigenvalue weighted by Gasteiger charge is -2.01. The normalized spacial score (nSPS) is 10.9. The second-order valence-corrected chi connectivity index (χ2v) is 5.03. The van der Waals surface area contributed by atoms with E-state index in [1.54, 1.807) is 18.0 Å². The van der Waals surface area contributed by atoms with Gasteiger partial charge in [0.2, 0.25) is 0 Å². The number of rotatable bonds is 2. The summed E-state index contributed by atoms with van der Waals surface area (Å²) in [5.74, 6) is 0.459. The molecular weight excluding hydrogens is 244 g/mol. The van der Waals surface area contributed by atoms with Gasteiger partial charge in [-0.25, -0.2) is 9.97 Å². The zero-order valence-corrected chi connectivity index (χ0v) is 10.7. The number of aryl methyl sites for hydroxylation is 1. The number of anilines is 1. The van der Waals surface area contributed by atoms with Crippen molar-refractivity contribution in [2.45, 2.75) is 17.0 Å². The predicted molar refractivity (Wildman–Crippen MR) is 73.6 cm³/mol. The molecule has 0 radical (unpaired) electrons. The minimum Gasteiger partial charge on any atom is -0.382 e. The van der Waals surface area contributed by atoms with Crippen LogP contribution < -0.4 is 5.73 Å².